The molecule has 3 aromatic rings. The Labute approximate surface area is 201 Å². The zero-order chi connectivity index (χ0) is 23.7. The standard InChI is InChI=1S/C24H26N6O3S/c1-15(31)26-17-4-3-5-18(10-17)27-24-25-12-21-23(28-24)20-11-19(34-22(20)14-33-21)13-29-6-8-30(9-7-29)16(2)32/h3-5,10-12H,6-9,13-14H2,1-2H3,(H,26,31)(H,25,27,28). The van der Waals surface area contributed by atoms with E-state index in [1.807, 2.05) is 29.2 Å². The minimum atomic E-state index is -0.124. The fourth-order valence-corrected chi connectivity index (χ4v) is 5.31. The van der Waals surface area contributed by atoms with Gasteiger partial charge in [-0.25, -0.2) is 9.97 Å². The van der Waals surface area contributed by atoms with Crippen molar-refractivity contribution in [2.24, 2.45) is 0 Å². The molecule has 10 heteroatoms. The Bertz CT molecular complexity index is 1240. The highest BCUT2D eigenvalue weighted by Crippen LogP contribution is 2.41. The molecule has 9 nitrogen and oxygen atoms in total. The molecule has 2 amide bonds. The van der Waals surface area contributed by atoms with Gasteiger partial charge in [0, 0.05) is 68.4 Å². The first kappa shape index (κ1) is 22.3. The van der Waals surface area contributed by atoms with E-state index in [0.717, 1.165) is 54.5 Å². The predicted octanol–water partition coefficient (Wildman–Crippen LogP) is 3.46. The van der Waals surface area contributed by atoms with E-state index in [4.69, 9.17) is 9.72 Å². The number of aromatic nitrogens is 2. The van der Waals surface area contributed by atoms with Gasteiger partial charge in [0.1, 0.15) is 12.3 Å². The van der Waals surface area contributed by atoms with Crippen LogP contribution >= 0.6 is 11.3 Å². The number of hydrogen-bond acceptors (Lipinski definition) is 8. The number of anilines is 3. The fourth-order valence-electron chi connectivity index (χ4n) is 4.19. The smallest absolute Gasteiger partial charge is 0.227 e. The highest BCUT2D eigenvalue weighted by Gasteiger charge is 2.25. The molecule has 2 aliphatic heterocycles. The molecule has 2 aliphatic rings. The number of thiophene rings is 1. The van der Waals surface area contributed by atoms with Crippen LogP contribution in [0.4, 0.5) is 17.3 Å². The summed E-state index contributed by atoms with van der Waals surface area (Å²) in [5, 5.41) is 5.99. The van der Waals surface area contributed by atoms with Gasteiger partial charge in [-0.1, -0.05) is 6.07 Å². The molecule has 2 aromatic heterocycles. The maximum atomic E-state index is 11.6. The van der Waals surface area contributed by atoms with E-state index in [1.165, 1.54) is 11.8 Å². The Morgan fingerprint density at radius 1 is 1.12 bits per heavy atom. The number of rotatable bonds is 5. The van der Waals surface area contributed by atoms with Gasteiger partial charge in [-0.15, -0.1) is 11.3 Å². The van der Waals surface area contributed by atoms with Crippen LogP contribution in [0.5, 0.6) is 5.75 Å². The Balaban J connectivity index is 1.32. The van der Waals surface area contributed by atoms with Gasteiger partial charge in [0.05, 0.1) is 11.1 Å². The summed E-state index contributed by atoms with van der Waals surface area (Å²) in [6.45, 7) is 7.78. The molecule has 0 aliphatic carbocycles. The van der Waals surface area contributed by atoms with Gasteiger partial charge in [-0.3, -0.25) is 14.5 Å². The van der Waals surface area contributed by atoms with Crippen LogP contribution in [0.3, 0.4) is 0 Å². The lowest BCUT2D eigenvalue weighted by Crippen LogP contribution is -2.47. The van der Waals surface area contributed by atoms with Gasteiger partial charge < -0.3 is 20.3 Å². The number of carbonyl (C=O) groups is 2. The van der Waals surface area contributed by atoms with E-state index in [-0.39, 0.29) is 11.8 Å². The van der Waals surface area contributed by atoms with Crippen LogP contribution < -0.4 is 15.4 Å². The molecule has 0 spiro atoms. The minimum Gasteiger partial charge on any atom is -0.484 e. The van der Waals surface area contributed by atoms with Crippen molar-refractivity contribution >= 4 is 40.5 Å². The molecule has 0 unspecified atom stereocenters. The van der Waals surface area contributed by atoms with Crippen molar-refractivity contribution in [3.63, 3.8) is 0 Å². The highest BCUT2D eigenvalue weighted by molar-refractivity contribution is 7.12. The second-order valence-corrected chi connectivity index (χ2v) is 9.64. The summed E-state index contributed by atoms with van der Waals surface area (Å²) in [6, 6.07) is 9.61. The van der Waals surface area contributed by atoms with Crippen molar-refractivity contribution in [2.45, 2.75) is 27.0 Å². The highest BCUT2D eigenvalue weighted by atomic mass is 32.1. The van der Waals surface area contributed by atoms with E-state index in [0.29, 0.717) is 24.0 Å². The molecule has 0 bridgehead atoms. The number of fused-ring (bicyclic) bond motifs is 3. The summed E-state index contributed by atoms with van der Waals surface area (Å²) in [6.07, 6.45) is 1.70. The van der Waals surface area contributed by atoms with Crippen molar-refractivity contribution in [2.75, 3.05) is 36.8 Å². The molecule has 4 heterocycles. The van der Waals surface area contributed by atoms with Crippen molar-refractivity contribution in [1.29, 1.82) is 0 Å². The lowest BCUT2D eigenvalue weighted by molar-refractivity contribution is -0.130. The monoisotopic (exact) mass is 478 g/mol. The van der Waals surface area contributed by atoms with E-state index in [1.54, 1.807) is 24.5 Å². The molecular formula is C24H26N6O3S. The largest absolute Gasteiger partial charge is 0.484 e. The quantitative estimate of drug-likeness (QED) is 0.579. The molecule has 0 radical (unpaired) electrons. The summed E-state index contributed by atoms with van der Waals surface area (Å²) in [5.41, 5.74) is 3.34. The lowest BCUT2D eigenvalue weighted by atomic mass is 10.1. The zero-order valence-corrected chi connectivity index (χ0v) is 19.9. The molecule has 34 heavy (non-hydrogen) atoms. The molecule has 0 atom stereocenters. The van der Waals surface area contributed by atoms with Crippen molar-refractivity contribution in [3.05, 3.63) is 46.3 Å². The van der Waals surface area contributed by atoms with Crippen molar-refractivity contribution in [3.8, 4) is 17.0 Å². The van der Waals surface area contributed by atoms with Crippen LogP contribution in [0.15, 0.2) is 36.5 Å². The van der Waals surface area contributed by atoms with Crippen LogP contribution in [0.1, 0.15) is 23.6 Å². The average molecular weight is 479 g/mol. The van der Waals surface area contributed by atoms with E-state index in [2.05, 4.69) is 26.6 Å². The summed E-state index contributed by atoms with van der Waals surface area (Å²) in [5.74, 6) is 1.15. The van der Waals surface area contributed by atoms with E-state index < -0.39 is 0 Å². The summed E-state index contributed by atoms with van der Waals surface area (Å²) >= 11 is 1.75. The van der Waals surface area contributed by atoms with Crippen LogP contribution in [0.2, 0.25) is 0 Å². The summed E-state index contributed by atoms with van der Waals surface area (Å²) < 4.78 is 5.91. The first-order valence-corrected chi connectivity index (χ1v) is 12.0. The van der Waals surface area contributed by atoms with Gasteiger partial charge in [0.25, 0.3) is 0 Å². The number of benzene rings is 1. The van der Waals surface area contributed by atoms with Crippen LogP contribution in [0, 0.1) is 0 Å². The van der Waals surface area contributed by atoms with Crippen molar-refractivity contribution in [1.82, 2.24) is 19.8 Å². The average Bonchev–Trinajstić information content (AvgIpc) is 3.22. The molecular weight excluding hydrogens is 452 g/mol. The minimum absolute atomic E-state index is 0.124. The molecule has 5 rings (SSSR count). The fraction of sp³-hybridized carbons (Fsp3) is 0.333. The third kappa shape index (κ3) is 4.87. The van der Waals surface area contributed by atoms with Crippen LogP contribution in [0.25, 0.3) is 11.3 Å². The number of piperazine rings is 1. The Morgan fingerprint density at radius 3 is 2.68 bits per heavy atom. The summed E-state index contributed by atoms with van der Waals surface area (Å²) in [7, 11) is 0. The van der Waals surface area contributed by atoms with Gasteiger partial charge in [-0.05, 0) is 24.3 Å². The van der Waals surface area contributed by atoms with Gasteiger partial charge in [-0.2, -0.15) is 0 Å². The molecule has 1 fully saturated rings. The number of nitrogens with zero attached hydrogens (tertiary/aromatic N) is 4. The number of carbonyl (C=O) groups excluding carboxylic acids is 2. The third-order valence-electron chi connectivity index (χ3n) is 5.87. The molecule has 0 saturated carbocycles. The van der Waals surface area contributed by atoms with E-state index >= 15 is 0 Å². The Hall–Kier alpha value is -3.50. The topological polar surface area (TPSA) is 99.7 Å². The molecule has 2 N–H and O–H groups in total. The first-order chi connectivity index (χ1) is 16.4. The molecule has 1 saturated heterocycles. The zero-order valence-electron chi connectivity index (χ0n) is 19.1. The predicted molar refractivity (Wildman–Crippen MR) is 131 cm³/mol. The maximum Gasteiger partial charge on any atom is 0.227 e. The third-order valence-corrected chi connectivity index (χ3v) is 6.96. The lowest BCUT2D eigenvalue weighted by Gasteiger charge is -2.33. The SMILES string of the molecule is CC(=O)Nc1cccc(Nc2ncc3c(n2)-c2cc(CN4CCN(C(C)=O)CC4)sc2CO3)c1. The number of nitrogens with one attached hydrogen (secondary N) is 2. The molecule has 176 valence electrons. The van der Waals surface area contributed by atoms with Crippen LogP contribution in [-0.4, -0.2) is 57.8 Å². The maximum absolute atomic E-state index is 11.6. The van der Waals surface area contributed by atoms with Crippen molar-refractivity contribution < 1.29 is 14.3 Å². The number of hydrogen-bond donors (Lipinski definition) is 2. The normalized spacial score (nSPS) is 15.2. The summed E-state index contributed by atoms with van der Waals surface area (Å²) in [4.78, 5) is 38.8. The number of ether oxygens (including phenoxy) is 1. The van der Waals surface area contributed by atoms with Crippen LogP contribution in [-0.2, 0) is 22.7 Å². The second kappa shape index (κ2) is 9.40. The first-order valence-electron chi connectivity index (χ1n) is 11.2. The Morgan fingerprint density at radius 2 is 1.91 bits per heavy atom. The van der Waals surface area contributed by atoms with E-state index in [9.17, 15) is 9.59 Å². The molecule has 1 aromatic carbocycles. The Kier molecular flexibility index (Phi) is 6.16. The van der Waals surface area contributed by atoms with Gasteiger partial charge in [0.15, 0.2) is 5.75 Å². The number of amides is 2. The van der Waals surface area contributed by atoms with Gasteiger partial charge in [0.2, 0.25) is 17.8 Å². The second-order valence-electron chi connectivity index (χ2n) is 8.41. The van der Waals surface area contributed by atoms with Gasteiger partial charge >= 0.3 is 0 Å².